The highest BCUT2D eigenvalue weighted by Crippen LogP contribution is 2.37. The number of urea groups is 1. The lowest BCUT2D eigenvalue weighted by atomic mass is 9.78. The van der Waals surface area contributed by atoms with Crippen molar-refractivity contribution in [2.45, 2.75) is 44.9 Å². The molecule has 2 aromatic rings. The van der Waals surface area contributed by atoms with Crippen molar-refractivity contribution in [3.8, 4) is 5.75 Å². The van der Waals surface area contributed by atoms with Crippen molar-refractivity contribution in [3.63, 3.8) is 0 Å². The van der Waals surface area contributed by atoms with Crippen LogP contribution in [0.2, 0.25) is 19.6 Å². The lowest BCUT2D eigenvalue weighted by Gasteiger charge is -2.48. The van der Waals surface area contributed by atoms with E-state index in [4.69, 9.17) is 9.47 Å². The summed E-state index contributed by atoms with van der Waals surface area (Å²) in [6, 6.07) is 14.8. The summed E-state index contributed by atoms with van der Waals surface area (Å²) >= 11 is 0. The van der Waals surface area contributed by atoms with E-state index in [0.717, 1.165) is 24.0 Å². The summed E-state index contributed by atoms with van der Waals surface area (Å²) in [4.78, 5) is 28.6. The van der Waals surface area contributed by atoms with E-state index in [-0.39, 0.29) is 23.7 Å². The number of nitrogens with one attached hydrogen (secondary N) is 1. The van der Waals surface area contributed by atoms with E-state index in [1.54, 1.807) is 7.11 Å². The minimum atomic E-state index is -1.40. The summed E-state index contributed by atoms with van der Waals surface area (Å²) in [5.41, 5.74) is 1.81. The van der Waals surface area contributed by atoms with Gasteiger partial charge in [-0.1, -0.05) is 61.2 Å². The fraction of sp³-hybridized carbons (Fsp3) is 0.481. The maximum Gasteiger partial charge on any atom is 0.318 e. The summed E-state index contributed by atoms with van der Waals surface area (Å²) in [6.07, 6.45) is 2.31. The van der Waals surface area contributed by atoms with Crippen LogP contribution in [0.5, 0.6) is 5.75 Å². The van der Waals surface area contributed by atoms with Crippen LogP contribution in [-0.2, 0) is 16.0 Å². The third kappa shape index (κ3) is 5.53. The SMILES string of the molecule is COc1ccc(C(NC(=O)N2CCCC3(COC3)C2)C(=O)Cc2ccc([Si](C)(C)C)cc2)cc1. The molecule has 2 fully saturated rings. The molecule has 2 saturated heterocycles. The van der Waals surface area contributed by atoms with E-state index < -0.39 is 14.1 Å². The van der Waals surface area contributed by atoms with E-state index in [0.29, 0.717) is 32.1 Å². The lowest BCUT2D eigenvalue weighted by molar-refractivity contribution is -0.137. The van der Waals surface area contributed by atoms with Gasteiger partial charge in [-0.05, 0) is 36.1 Å². The molecule has 182 valence electrons. The van der Waals surface area contributed by atoms with Crippen LogP contribution in [0.3, 0.4) is 0 Å². The van der Waals surface area contributed by atoms with E-state index in [1.165, 1.54) is 5.19 Å². The Kier molecular flexibility index (Phi) is 7.14. The van der Waals surface area contributed by atoms with E-state index >= 15 is 0 Å². The topological polar surface area (TPSA) is 67.9 Å². The first kappa shape index (κ1) is 24.5. The van der Waals surface area contributed by atoms with E-state index in [9.17, 15) is 9.59 Å². The first-order valence-electron chi connectivity index (χ1n) is 12.1. The standard InChI is InChI=1S/C27H36N2O4Si/c1-32-22-10-8-21(9-11-22)25(24(30)16-20-6-12-23(13-7-20)34(2,3)4)28-26(31)29-15-5-14-27(17-29)18-33-19-27/h6-13,25H,5,14-19H2,1-4H3,(H,28,31). The molecule has 1 N–H and O–H groups in total. The molecular weight excluding hydrogens is 444 g/mol. The number of amides is 2. The Balaban J connectivity index is 1.51. The van der Waals surface area contributed by atoms with Crippen LogP contribution < -0.4 is 15.2 Å². The van der Waals surface area contributed by atoms with Gasteiger partial charge in [-0.2, -0.15) is 0 Å². The van der Waals surface area contributed by atoms with Gasteiger partial charge in [0, 0.05) is 24.9 Å². The predicted molar refractivity (Wildman–Crippen MR) is 136 cm³/mol. The van der Waals surface area contributed by atoms with Crippen molar-refractivity contribution in [3.05, 3.63) is 59.7 Å². The second-order valence-electron chi connectivity index (χ2n) is 10.8. The van der Waals surface area contributed by atoms with Crippen LogP contribution in [0.25, 0.3) is 0 Å². The molecule has 2 aromatic carbocycles. The summed E-state index contributed by atoms with van der Waals surface area (Å²) in [5.74, 6) is 0.684. The highest BCUT2D eigenvalue weighted by Gasteiger charge is 2.43. The third-order valence-electron chi connectivity index (χ3n) is 7.00. The van der Waals surface area contributed by atoms with Gasteiger partial charge in [-0.25, -0.2) is 4.79 Å². The Hall–Kier alpha value is -2.64. The first-order valence-corrected chi connectivity index (χ1v) is 15.6. The number of hydrogen-bond donors (Lipinski definition) is 1. The molecule has 6 nitrogen and oxygen atoms in total. The van der Waals surface area contributed by atoms with Crippen LogP contribution in [0, 0.1) is 5.41 Å². The Morgan fingerprint density at radius 2 is 1.76 bits per heavy atom. The van der Waals surface area contributed by atoms with Gasteiger partial charge in [0.15, 0.2) is 5.78 Å². The van der Waals surface area contributed by atoms with Crippen molar-refractivity contribution in [2.75, 3.05) is 33.4 Å². The Morgan fingerprint density at radius 3 is 2.32 bits per heavy atom. The summed E-state index contributed by atoms with van der Waals surface area (Å²) in [5, 5.41) is 4.41. The van der Waals surface area contributed by atoms with Crippen LogP contribution in [0.1, 0.15) is 30.0 Å². The first-order chi connectivity index (χ1) is 16.2. The molecule has 4 rings (SSSR count). The normalized spacial score (nSPS) is 18.2. The molecule has 2 aliphatic rings. The second-order valence-corrected chi connectivity index (χ2v) is 15.8. The number of piperidine rings is 1. The number of nitrogens with zero attached hydrogens (tertiary/aromatic N) is 1. The van der Waals surface area contributed by atoms with Gasteiger partial charge >= 0.3 is 6.03 Å². The zero-order valence-electron chi connectivity index (χ0n) is 20.7. The number of Topliss-reactive ketones (excluding diaryl/α,β-unsaturated/α-hetero) is 1. The Labute approximate surface area is 203 Å². The summed E-state index contributed by atoms with van der Waals surface area (Å²) in [7, 11) is 0.212. The number of likely N-dealkylation sites (tertiary alicyclic amines) is 1. The van der Waals surface area contributed by atoms with Crippen LogP contribution in [0.4, 0.5) is 4.79 Å². The van der Waals surface area contributed by atoms with Gasteiger partial charge in [0.1, 0.15) is 11.8 Å². The van der Waals surface area contributed by atoms with Crippen molar-refractivity contribution < 1.29 is 19.1 Å². The lowest BCUT2D eigenvalue weighted by Crippen LogP contribution is -2.57. The Morgan fingerprint density at radius 1 is 1.09 bits per heavy atom. The molecule has 2 aliphatic heterocycles. The minimum Gasteiger partial charge on any atom is -0.497 e. The molecular formula is C27H36N2O4Si. The Bertz CT molecular complexity index is 1010. The van der Waals surface area contributed by atoms with Crippen molar-refractivity contribution in [1.82, 2.24) is 10.2 Å². The monoisotopic (exact) mass is 480 g/mol. The minimum absolute atomic E-state index is 0.0297. The number of ether oxygens (including phenoxy) is 2. The van der Waals surface area contributed by atoms with Crippen LogP contribution in [0.15, 0.2) is 48.5 Å². The van der Waals surface area contributed by atoms with Crippen LogP contribution in [-0.4, -0.2) is 58.2 Å². The molecule has 0 bridgehead atoms. The predicted octanol–water partition coefficient (Wildman–Crippen LogP) is 3.92. The van der Waals surface area contributed by atoms with Crippen molar-refractivity contribution >= 4 is 25.1 Å². The highest BCUT2D eigenvalue weighted by atomic mass is 28.3. The number of hydrogen-bond acceptors (Lipinski definition) is 4. The van der Waals surface area contributed by atoms with Crippen molar-refractivity contribution in [2.24, 2.45) is 5.41 Å². The van der Waals surface area contributed by atoms with Crippen LogP contribution >= 0.6 is 0 Å². The van der Waals surface area contributed by atoms with Gasteiger partial charge < -0.3 is 19.7 Å². The van der Waals surface area contributed by atoms with Gasteiger partial charge in [0.2, 0.25) is 0 Å². The maximum atomic E-state index is 13.5. The summed E-state index contributed by atoms with van der Waals surface area (Å²) in [6.45, 7) is 9.74. The molecule has 1 spiro atoms. The molecule has 0 aromatic heterocycles. The highest BCUT2D eigenvalue weighted by molar-refractivity contribution is 6.88. The number of benzene rings is 2. The second kappa shape index (κ2) is 9.92. The summed E-state index contributed by atoms with van der Waals surface area (Å²) < 4.78 is 10.7. The molecule has 0 radical (unpaired) electrons. The molecule has 2 amide bonds. The number of ketones is 1. The number of carbonyl (C=O) groups is 2. The molecule has 1 unspecified atom stereocenters. The molecule has 2 heterocycles. The van der Waals surface area contributed by atoms with Gasteiger partial charge in [0.25, 0.3) is 0 Å². The van der Waals surface area contributed by atoms with Gasteiger partial charge in [-0.3, -0.25) is 4.79 Å². The van der Waals surface area contributed by atoms with Gasteiger partial charge in [0.05, 0.1) is 28.4 Å². The fourth-order valence-electron chi connectivity index (χ4n) is 4.79. The smallest absolute Gasteiger partial charge is 0.318 e. The quantitative estimate of drug-likeness (QED) is 0.610. The zero-order chi connectivity index (χ0) is 24.3. The van der Waals surface area contributed by atoms with E-state index in [2.05, 4.69) is 37.1 Å². The third-order valence-corrected chi connectivity index (χ3v) is 9.07. The molecule has 0 aliphatic carbocycles. The molecule has 34 heavy (non-hydrogen) atoms. The van der Waals surface area contributed by atoms with E-state index in [1.807, 2.05) is 41.3 Å². The largest absolute Gasteiger partial charge is 0.497 e. The number of rotatable bonds is 7. The fourth-order valence-corrected chi connectivity index (χ4v) is 5.96. The average Bonchev–Trinajstić information content (AvgIpc) is 2.81. The molecule has 0 saturated carbocycles. The number of carbonyl (C=O) groups excluding carboxylic acids is 2. The maximum absolute atomic E-state index is 13.5. The van der Waals surface area contributed by atoms with Gasteiger partial charge in [-0.15, -0.1) is 0 Å². The average molecular weight is 481 g/mol. The molecule has 1 atom stereocenters. The molecule has 7 heteroatoms. The number of methoxy groups -OCH3 is 1. The van der Waals surface area contributed by atoms with Crippen molar-refractivity contribution in [1.29, 1.82) is 0 Å². The zero-order valence-corrected chi connectivity index (χ0v) is 21.7.